The Morgan fingerprint density at radius 1 is 1.46 bits per heavy atom. The molecule has 4 rings (SSSR count). The van der Waals surface area contributed by atoms with Gasteiger partial charge in [-0.05, 0) is 31.0 Å². The highest BCUT2D eigenvalue weighted by Gasteiger charge is 2.30. The number of aromatic amines is 1. The summed E-state index contributed by atoms with van der Waals surface area (Å²) in [6, 6.07) is 5.60. The molecule has 2 atom stereocenters. The second-order valence-corrected chi connectivity index (χ2v) is 6.20. The first kappa shape index (κ1) is 15.0. The number of H-pyrrole nitrogens is 1. The molecule has 0 bridgehead atoms. The number of aromatic nitrogens is 3. The molecule has 1 fully saturated rings. The summed E-state index contributed by atoms with van der Waals surface area (Å²) in [5, 5.41) is 3.45. The maximum atomic E-state index is 11.2. The number of fused-ring (bicyclic) bond motifs is 1. The number of aryl methyl sites for hydroxylation is 1. The normalized spacial score (nSPS) is 21.2. The smallest absolute Gasteiger partial charge is 0.408 e. The molecule has 1 aromatic carbocycles. The van der Waals surface area contributed by atoms with Gasteiger partial charge in [0, 0.05) is 44.2 Å². The molecule has 24 heavy (non-hydrogen) atoms. The van der Waals surface area contributed by atoms with E-state index in [1.54, 1.807) is 12.3 Å². The maximum Gasteiger partial charge on any atom is 0.417 e. The standard InChI is InChI=1S/C17H20N4O3/c1-21-7-6-18-16(21)15-11(3-2-8-23-15)10-19-12-4-5-14-13(9-12)20-17(22)24-14/h4-7,9,11,15,19H,2-3,8,10H2,1H3,(H,20,22)/t11-,15+/m0/s1. The van der Waals surface area contributed by atoms with Crippen LogP contribution in [0.1, 0.15) is 24.8 Å². The van der Waals surface area contributed by atoms with Crippen LogP contribution in [0.3, 0.4) is 0 Å². The van der Waals surface area contributed by atoms with Crippen molar-refractivity contribution in [3.05, 3.63) is 47.0 Å². The molecule has 0 spiro atoms. The molecule has 1 aliphatic heterocycles. The Morgan fingerprint density at radius 3 is 3.21 bits per heavy atom. The van der Waals surface area contributed by atoms with E-state index < -0.39 is 5.76 Å². The molecule has 1 saturated heterocycles. The molecule has 3 heterocycles. The van der Waals surface area contributed by atoms with Gasteiger partial charge in [-0.25, -0.2) is 9.78 Å². The van der Waals surface area contributed by atoms with Crippen LogP contribution >= 0.6 is 0 Å². The predicted molar refractivity (Wildman–Crippen MR) is 89.9 cm³/mol. The van der Waals surface area contributed by atoms with E-state index in [9.17, 15) is 4.79 Å². The molecule has 0 unspecified atom stereocenters. The number of hydrogen-bond donors (Lipinski definition) is 2. The van der Waals surface area contributed by atoms with Crippen molar-refractivity contribution in [3.8, 4) is 0 Å². The van der Waals surface area contributed by atoms with Gasteiger partial charge >= 0.3 is 5.76 Å². The van der Waals surface area contributed by atoms with Crippen molar-refractivity contribution in [2.24, 2.45) is 13.0 Å². The largest absolute Gasteiger partial charge is 0.417 e. The molecular weight excluding hydrogens is 308 g/mol. The minimum absolute atomic E-state index is 0.00344. The summed E-state index contributed by atoms with van der Waals surface area (Å²) in [4.78, 5) is 18.4. The van der Waals surface area contributed by atoms with Crippen LogP contribution in [0.15, 0.2) is 39.8 Å². The zero-order valence-electron chi connectivity index (χ0n) is 13.5. The Bertz CT molecular complexity index is 895. The number of oxazole rings is 1. The summed E-state index contributed by atoms with van der Waals surface area (Å²) in [6.45, 7) is 1.56. The Labute approximate surface area is 138 Å². The molecule has 7 heteroatoms. The monoisotopic (exact) mass is 328 g/mol. The van der Waals surface area contributed by atoms with Gasteiger partial charge in [0.25, 0.3) is 0 Å². The molecule has 0 amide bonds. The van der Waals surface area contributed by atoms with Gasteiger partial charge in [0.2, 0.25) is 0 Å². The number of imidazole rings is 1. The molecule has 3 aromatic rings. The number of ether oxygens (including phenoxy) is 1. The van der Waals surface area contributed by atoms with Gasteiger partial charge < -0.3 is 19.0 Å². The van der Waals surface area contributed by atoms with Crippen molar-refractivity contribution < 1.29 is 9.15 Å². The van der Waals surface area contributed by atoms with Crippen LogP contribution in [-0.2, 0) is 11.8 Å². The SMILES string of the molecule is Cn1ccnc1[C@@H]1OCCC[C@H]1CNc1ccc2oc(=O)[nH]c2c1. The number of rotatable bonds is 4. The molecule has 2 N–H and O–H groups in total. The molecule has 7 nitrogen and oxygen atoms in total. The molecular formula is C17H20N4O3. The van der Waals surface area contributed by atoms with E-state index in [1.165, 1.54) is 0 Å². The van der Waals surface area contributed by atoms with Gasteiger partial charge in [0.05, 0.1) is 5.52 Å². The van der Waals surface area contributed by atoms with Crippen LogP contribution < -0.4 is 11.1 Å². The zero-order chi connectivity index (χ0) is 16.5. The molecule has 1 aliphatic rings. The number of nitrogens with one attached hydrogen (secondary N) is 2. The van der Waals surface area contributed by atoms with Crippen molar-refractivity contribution in [2.75, 3.05) is 18.5 Å². The molecule has 2 aromatic heterocycles. The van der Waals surface area contributed by atoms with E-state index >= 15 is 0 Å². The van der Waals surface area contributed by atoms with E-state index in [1.807, 2.05) is 29.9 Å². The Morgan fingerprint density at radius 2 is 2.38 bits per heavy atom. The summed E-state index contributed by atoms with van der Waals surface area (Å²) in [6.07, 6.45) is 5.90. The third kappa shape index (κ3) is 2.82. The minimum Gasteiger partial charge on any atom is -0.408 e. The average molecular weight is 328 g/mol. The van der Waals surface area contributed by atoms with Crippen molar-refractivity contribution in [2.45, 2.75) is 18.9 Å². The third-order valence-corrected chi connectivity index (χ3v) is 4.55. The van der Waals surface area contributed by atoms with Gasteiger partial charge in [-0.2, -0.15) is 0 Å². The number of nitrogens with zero attached hydrogens (tertiary/aromatic N) is 2. The number of benzene rings is 1. The summed E-state index contributed by atoms with van der Waals surface area (Å²) >= 11 is 0. The fourth-order valence-corrected chi connectivity index (χ4v) is 3.30. The first-order valence-corrected chi connectivity index (χ1v) is 8.16. The van der Waals surface area contributed by atoms with E-state index in [0.29, 0.717) is 17.0 Å². The second-order valence-electron chi connectivity index (χ2n) is 6.20. The lowest BCUT2D eigenvalue weighted by atomic mass is 9.93. The molecule has 126 valence electrons. The van der Waals surface area contributed by atoms with Gasteiger partial charge in [-0.1, -0.05) is 0 Å². The Hall–Kier alpha value is -2.54. The van der Waals surface area contributed by atoms with Gasteiger partial charge in [0.1, 0.15) is 11.9 Å². The van der Waals surface area contributed by atoms with Gasteiger partial charge in [-0.3, -0.25) is 4.98 Å². The fraction of sp³-hybridized carbons (Fsp3) is 0.412. The van der Waals surface area contributed by atoms with E-state index in [4.69, 9.17) is 9.15 Å². The van der Waals surface area contributed by atoms with Crippen LogP contribution in [0.25, 0.3) is 11.1 Å². The Kier molecular flexibility index (Phi) is 3.86. The fourth-order valence-electron chi connectivity index (χ4n) is 3.30. The predicted octanol–water partition coefficient (Wildman–Crippen LogP) is 2.43. The minimum atomic E-state index is -0.433. The van der Waals surface area contributed by atoms with Crippen LogP contribution in [0.4, 0.5) is 5.69 Å². The van der Waals surface area contributed by atoms with Gasteiger partial charge in [0.15, 0.2) is 5.58 Å². The average Bonchev–Trinajstić information content (AvgIpc) is 3.17. The van der Waals surface area contributed by atoms with Crippen molar-refractivity contribution >= 4 is 16.8 Å². The lowest BCUT2D eigenvalue weighted by molar-refractivity contribution is -0.0304. The molecule has 0 saturated carbocycles. The van der Waals surface area contributed by atoms with Crippen LogP contribution in [0.2, 0.25) is 0 Å². The lowest BCUT2D eigenvalue weighted by Crippen LogP contribution is -2.30. The third-order valence-electron chi connectivity index (χ3n) is 4.55. The van der Waals surface area contributed by atoms with Crippen LogP contribution in [-0.4, -0.2) is 27.7 Å². The summed E-state index contributed by atoms with van der Waals surface area (Å²) < 4.78 is 13.0. The van der Waals surface area contributed by atoms with E-state index in [-0.39, 0.29) is 6.10 Å². The number of anilines is 1. The quantitative estimate of drug-likeness (QED) is 0.768. The second kappa shape index (κ2) is 6.16. The van der Waals surface area contributed by atoms with Crippen LogP contribution in [0.5, 0.6) is 0 Å². The number of hydrogen-bond acceptors (Lipinski definition) is 5. The van der Waals surface area contributed by atoms with Crippen molar-refractivity contribution in [1.82, 2.24) is 14.5 Å². The summed E-state index contributed by atoms with van der Waals surface area (Å²) in [7, 11) is 1.99. The van der Waals surface area contributed by atoms with Crippen molar-refractivity contribution in [1.29, 1.82) is 0 Å². The highest BCUT2D eigenvalue weighted by atomic mass is 16.5. The molecule has 0 aliphatic carbocycles. The lowest BCUT2D eigenvalue weighted by Gasteiger charge is -2.31. The summed E-state index contributed by atoms with van der Waals surface area (Å²) in [5.41, 5.74) is 2.21. The van der Waals surface area contributed by atoms with Gasteiger partial charge in [-0.15, -0.1) is 0 Å². The highest BCUT2D eigenvalue weighted by Crippen LogP contribution is 2.32. The maximum absolute atomic E-state index is 11.2. The highest BCUT2D eigenvalue weighted by molar-refractivity contribution is 5.76. The van der Waals surface area contributed by atoms with E-state index in [2.05, 4.69) is 15.3 Å². The first-order chi connectivity index (χ1) is 11.7. The summed E-state index contributed by atoms with van der Waals surface area (Å²) in [5.74, 6) is 0.882. The Balaban J connectivity index is 1.50. The van der Waals surface area contributed by atoms with E-state index in [0.717, 1.165) is 37.5 Å². The molecule has 0 radical (unpaired) electrons. The zero-order valence-corrected chi connectivity index (χ0v) is 13.5. The van der Waals surface area contributed by atoms with Crippen molar-refractivity contribution in [3.63, 3.8) is 0 Å². The first-order valence-electron chi connectivity index (χ1n) is 8.16. The topological polar surface area (TPSA) is 85.1 Å². The van der Waals surface area contributed by atoms with Crippen LogP contribution in [0, 0.1) is 5.92 Å².